The van der Waals surface area contributed by atoms with Gasteiger partial charge in [-0.05, 0) is 12.5 Å². The lowest BCUT2D eigenvalue weighted by Crippen LogP contribution is -2.20. The largest absolute Gasteiger partial charge is 0.434 e. The summed E-state index contributed by atoms with van der Waals surface area (Å²) in [4.78, 5) is 0. The molecule has 1 aromatic carbocycles. The molecule has 0 saturated carbocycles. The van der Waals surface area contributed by atoms with Gasteiger partial charge in [-0.2, -0.15) is 8.78 Å². The summed E-state index contributed by atoms with van der Waals surface area (Å²) in [5, 5.41) is 3.14. The number of ether oxygens (including phenoxy) is 2. The van der Waals surface area contributed by atoms with Crippen LogP contribution in [0.3, 0.4) is 0 Å². The molecule has 0 aliphatic rings. The molecule has 0 saturated heterocycles. The molecule has 0 aromatic heterocycles. The minimum absolute atomic E-state index is 0.219. The Balaban J connectivity index is 2.25. The second kappa shape index (κ2) is 9.69. The first-order valence-corrected chi connectivity index (χ1v) is 6.55. The van der Waals surface area contributed by atoms with Gasteiger partial charge in [-0.15, -0.1) is 0 Å². The number of halogens is 2. The molecule has 3 nitrogen and oxygen atoms in total. The van der Waals surface area contributed by atoms with E-state index in [9.17, 15) is 8.78 Å². The first kappa shape index (κ1) is 15.9. The van der Waals surface area contributed by atoms with Gasteiger partial charge in [-0.1, -0.05) is 31.5 Å². The second-order valence-electron chi connectivity index (χ2n) is 4.13. The maximum atomic E-state index is 12.2. The van der Waals surface area contributed by atoms with Gasteiger partial charge >= 0.3 is 6.61 Å². The van der Waals surface area contributed by atoms with Crippen molar-refractivity contribution >= 4 is 0 Å². The van der Waals surface area contributed by atoms with Crippen molar-refractivity contribution in [1.29, 1.82) is 0 Å². The topological polar surface area (TPSA) is 30.5 Å². The summed E-state index contributed by atoms with van der Waals surface area (Å²) < 4.78 is 34.2. The van der Waals surface area contributed by atoms with Crippen molar-refractivity contribution in [2.75, 3.05) is 19.8 Å². The molecule has 0 amide bonds. The Hall–Kier alpha value is -1.20. The molecule has 5 heteroatoms. The number of hydrogen-bond donors (Lipinski definition) is 1. The van der Waals surface area contributed by atoms with E-state index in [1.54, 1.807) is 24.3 Å². The SMILES string of the molecule is CCCCOCCNCc1ccccc1OC(F)F. The lowest BCUT2D eigenvalue weighted by molar-refractivity contribution is -0.0505. The second-order valence-corrected chi connectivity index (χ2v) is 4.13. The number of rotatable bonds is 10. The summed E-state index contributed by atoms with van der Waals surface area (Å²) in [6, 6.07) is 6.78. The van der Waals surface area contributed by atoms with Crippen LogP contribution in [0.1, 0.15) is 25.3 Å². The fourth-order valence-corrected chi connectivity index (χ4v) is 1.58. The lowest BCUT2D eigenvalue weighted by atomic mass is 10.2. The molecule has 108 valence electrons. The van der Waals surface area contributed by atoms with E-state index in [0.29, 0.717) is 19.7 Å². The van der Waals surface area contributed by atoms with E-state index in [2.05, 4.69) is 17.0 Å². The van der Waals surface area contributed by atoms with Crippen molar-refractivity contribution < 1.29 is 18.3 Å². The summed E-state index contributed by atoms with van der Waals surface area (Å²) in [7, 11) is 0. The Morgan fingerprint density at radius 3 is 2.74 bits per heavy atom. The minimum atomic E-state index is -2.79. The highest BCUT2D eigenvalue weighted by atomic mass is 19.3. The van der Waals surface area contributed by atoms with Gasteiger partial charge in [-0.3, -0.25) is 0 Å². The normalized spacial score (nSPS) is 10.9. The molecule has 0 unspecified atom stereocenters. The van der Waals surface area contributed by atoms with Crippen LogP contribution in [0.4, 0.5) is 8.78 Å². The fraction of sp³-hybridized carbons (Fsp3) is 0.571. The number of alkyl halides is 2. The Morgan fingerprint density at radius 1 is 1.21 bits per heavy atom. The van der Waals surface area contributed by atoms with Crippen molar-refractivity contribution in [3.8, 4) is 5.75 Å². The van der Waals surface area contributed by atoms with Crippen LogP contribution in [0, 0.1) is 0 Å². The molecule has 0 aliphatic carbocycles. The van der Waals surface area contributed by atoms with E-state index in [1.807, 2.05) is 0 Å². The van der Waals surface area contributed by atoms with E-state index in [1.165, 1.54) is 0 Å². The summed E-state index contributed by atoms with van der Waals surface area (Å²) in [5.74, 6) is 0.219. The highest BCUT2D eigenvalue weighted by Crippen LogP contribution is 2.19. The average Bonchev–Trinajstić information content (AvgIpc) is 2.39. The molecule has 1 aromatic rings. The first-order valence-electron chi connectivity index (χ1n) is 6.55. The Morgan fingerprint density at radius 2 is 2.00 bits per heavy atom. The molecule has 0 radical (unpaired) electrons. The average molecular weight is 273 g/mol. The number of para-hydroxylation sites is 1. The van der Waals surface area contributed by atoms with Crippen molar-refractivity contribution in [2.24, 2.45) is 0 Å². The van der Waals surface area contributed by atoms with E-state index in [-0.39, 0.29) is 5.75 Å². The van der Waals surface area contributed by atoms with Gasteiger partial charge in [0.25, 0.3) is 0 Å². The van der Waals surface area contributed by atoms with Crippen LogP contribution in [0.15, 0.2) is 24.3 Å². The van der Waals surface area contributed by atoms with Gasteiger partial charge in [0.15, 0.2) is 0 Å². The molecule has 1 N–H and O–H groups in total. The van der Waals surface area contributed by atoms with Crippen LogP contribution < -0.4 is 10.1 Å². The number of hydrogen-bond acceptors (Lipinski definition) is 3. The Labute approximate surface area is 112 Å². The molecule has 0 bridgehead atoms. The van der Waals surface area contributed by atoms with Gasteiger partial charge in [0, 0.05) is 25.3 Å². The molecule has 19 heavy (non-hydrogen) atoms. The highest BCUT2D eigenvalue weighted by Gasteiger charge is 2.08. The minimum Gasteiger partial charge on any atom is -0.434 e. The van der Waals surface area contributed by atoms with Crippen LogP contribution >= 0.6 is 0 Å². The number of benzene rings is 1. The molecule has 0 atom stereocenters. The molecule has 0 aliphatic heterocycles. The zero-order valence-corrected chi connectivity index (χ0v) is 11.2. The van der Waals surface area contributed by atoms with Gasteiger partial charge in [0.2, 0.25) is 0 Å². The van der Waals surface area contributed by atoms with Gasteiger partial charge in [0.05, 0.1) is 6.61 Å². The van der Waals surface area contributed by atoms with Gasteiger partial charge in [0.1, 0.15) is 5.75 Å². The summed E-state index contributed by atoms with van der Waals surface area (Å²) >= 11 is 0. The quantitative estimate of drug-likeness (QED) is 0.664. The summed E-state index contributed by atoms with van der Waals surface area (Å²) in [6.45, 7) is 1.88. The maximum Gasteiger partial charge on any atom is 0.387 e. The smallest absolute Gasteiger partial charge is 0.387 e. The maximum absolute atomic E-state index is 12.2. The molecule has 0 fully saturated rings. The van der Waals surface area contributed by atoms with Crippen LogP contribution in [0.2, 0.25) is 0 Å². The number of unbranched alkanes of at least 4 members (excludes halogenated alkanes) is 1. The third-order valence-corrected chi connectivity index (χ3v) is 2.57. The predicted molar refractivity (Wildman–Crippen MR) is 70.5 cm³/mol. The predicted octanol–water partition coefficient (Wildman–Crippen LogP) is 3.19. The summed E-state index contributed by atoms with van der Waals surface area (Å²) in [6.07, 6.45) is 2.18. The molecule has 1 rings (SSSR count). The highest BCUT2D eigenvalue weighted by molar-refractivity contribution is 5.33. The van der Waals surface area contributed by atoms with Crippen LogP contribution in [-0.2, 0) is 11.3 Å². The Kier molecular flexibility index (Phi) is 8.09. The van der Waals surface area contributed by atoms with Crippen molar-refractivity contribution in [1.82, 2.24) is 5.32 Å². The van der Waals surface area contributed by atoms with E-state index < -0.39 is 6.61 Å². The summed E-state index contributed by atoms with van der Waals surface area (Å²) in [5.41, 5.74) is 0.719. The van der Waals surface area contributed by atoms with Gasteiger partial charge < -0.3 is 14.8 Å². The Bertz CT molecular complexity index is 348. The van der Waals surface area contributed by atoms with Crippen LogP contribution in [-0.4, -0.2) is 26.4 Å². The van der Waals surface area contributed by atoms with Crippen molar-refractivity contribution in [3.05, 3.63) is 29.8 Å². The molecule has 0 spiro atoms. The third kappa shape index (κ3) is 7.08. The monoisotopic (exact) mass is 273 g/mol. The lowest BCUT2D eigenvalue weighted by Gasteiger charge is -2.11. The van der Waals surface area contributed by atoms with E-state index in [4.69, 9.17) is 4.74 Å². The third-order valence-electron chi connectivity index (χ3n) is 2.57. The first-order chi connectivity index (χ1) is 9.24. The molecule has 0 heterocycles. The molecular weight excluding hydrogens is 252 g/mol. The number of nitrogens with one attached hydrogen (secondary N) is 1. The standard InChI is InChI=1S/C14H21F2NO2/c1-2-3-9-18-10-8-17-11-12-6-4-5-7-13(12)19-14(15)16/h4-7,14,17H,2-3,8-11H2,1H3. The molecular formula is C14H21F2NO2. The zero-order chi connectivity index (χ0) is 13.9. The van der Waals surface area contributed by atoms with E-state index >= 15 is 0 Å². The van der Waals surface area contributed by atoms with E-state index in [0.717, 1.165) is 25.0 Å². The fourth-order valence-electron chi connectivity index (χ4n) is 1.58. The van der Waals surface area contributed by atoms with Crippen molar-refractivity contribution in [2.45, 2.75) is 32.9 Å². The van der Waals surface area contributed by atoms with Crippen LogP contribution in [0.5, 0.6) is 5.75 Å². The van der Waals surface area contributed by atoms with Crippen LogP contribution in [0.25, 0.3) is 0 Å². The van der Waals surface area contributed by atoms with Gasteiger partial charge in [-0.25, -0.2) is 0 Å². The van der Waals surface area contributed by atoms with Crippen molar-refractivity contribution in [3.63, 3.8) is 0 Å². The zero-order valence-electron chi connectivity index (χ0n) is 11.2.